The SMILES string of the molecule is CC(=O)O[C@@H]([C@@H]1C[C@@H](C)[C@H]2[C@H](O1)[C@H](O)[C@@]1(C)[C@@H]3CC[C@H]4C(C)(C)[C@@H](OC(=O)NCC(=O)O)CC[C@@]45C[C@@]35CC[C@]21C)C(C)(C)O. The molecule has 4 N–H and O–H groups in total. The number of ether oxygens (including phenoxy) is 3. The predicted molar refractivity (Wildman–Crippen MR) is 164 cm³/mol. The van der Waals surface area contributed by atoms with E-state index >= 15 is 0 Å². The van der Waals surface area contributed by atoms with E-state index in [1.165, 1.54) is 6.92 Å². The quantitative estimate of drug-likeness (QED) is 0.306. The lowest BCUT2D eigenvalue weighted by Crippen LogP contribution is -2.60. The summed E-state index contributed by atoms with van der Waals surface area (Å²) < 4.78 is 18.3. The number of alkyl carbamates (subject to hydrolysis) is 1. The van der Waals surface area contributed by atoms with Crippen molar-refractivity contribution in [1.82, 2.24) is 5.32 Å². The monoisotopic (exact) mass is 633 g/mol. The van der Waals surface area contributed by atoms with E-state index in [1.54, 1.807) is 13.8 Å². The van der Waals surface area contributed by atoms with Gasteiger partial charge in [-0.25, -0.2) is 4.79 Å². The number of hydrogen-bond acceptors (Lipinski definition) is 8. The lowest BCUT2D eigenvalue weighted by atomic mass is 9.41. The van der Waals surface area contributed by atoms with Gasteiger partial charge in [-0.1, -0.05) is 34.6 Å². The van der Waals surface area contributed by atoms with Gasteiger partial charge in [0.2, 0.25) is 0 Å². The van der Waals surface area contributed by atoms with Gasteiger partial charge in [-0.15, -0.1) is 0 Å². The van der Waals surface area contributed by atoms with Gasteiger partial charge in [-0.2, -0.15) is 0 Å². The molecular weight excluding hydrogens is 578 g/mol. The van der Waals surface area contributed by atoms with Crippen LogP contribution < -0.4 is 5.32 Å². The highest BCUT2D eigenvalue weighted by atomic mass is 16.6. The molecule has 0 aromatic heterocycles. The first-order valence-electron chi connectivity index (χ1n) is 17.2. The zero-order valence-corrected chi connectivity index (χ0v) is 28.4. The number of rotatable bonds is 6. The topological polar surface area (TPSA) is 152 Å². The van der Waals surface area contributed by atoms with Gasteiger partial charge in [-0.3, -0.25) is 9.59 Å². The molecule has 5 saturated carbocycles. The van der Waals surface area contributed by atoms with Crippen LogP contribution in [-0.2, 0) is 23.8 Å². The number of carbonyl (C=O) groups excluding carboxylic acids is 2. The summed E-state index contributed by atoms with van der Waals surface area (Å²) in [4.78, 5) is 35.4. The largest absolute Gasteiger partial charge is 0.480 e. The van der Waals surface area contributed by atoms with E-state index in [0.717, 1.165) is 44.9 Å². The smallest absolute Gasteiger partial charge is 0.407 e. The number of carboxylic acid groups (broad SMARTS) is 1. The van der Waals surface area contributed by atoms with E-state index in [0.29, 0.717) is 18.3 Å². The van der Waals surface area contributed by atoms with Crippen molar-refractivity contribution >= 4 is 18.0 Å². The molecule has 13 atom stereocenters. The molecule has 1 amide bonds. The Labute approximate surface area is 267 Å². The highest BCUT2D eigenvalue weighted by Crippen LogP contribution is 2.89. The van der Waals surface area contributed by atoms with Crippen molar-refractivity contribution in [2.75, 3.05) is 6.54 Å². The minimum absolute atomic E-state index is 0.127. The van der Waals surface area contributed by atoms with Crippen LogP contribution in [0.2, 0.25) is 0 Å². The Morgan fingerprint density at radius 3 is 2.29 bits per heavy atom. The third kappa shape index (κ3) is 4.46. The highest BCUT2D eigenvalue weighted by molar-refractivity contribution is 5.76. The van der Waals surface area contributed by atoms with Crippen molar-refractivity contribution in [3.63, 3.8) is 0 Å². The normalized spacial score (nSPS) is 48.3. The Balaban J connectivity index is 1.26. The van der Waals surface area contributed by atoms with Gasteiger partial charge < -0.3 is 34.8 Å². The standard InChI is InChI=1S/C35H55NO9/c1-18-15-20(28(31(5,6)42)43-19(2)37)44-26-25(18)32(7)13-14-35-17-34(35)12-11-23(45-29(41)36-16-24(38)39)30(3,4)21(34)9-10-22(35)33(32,8)27(26)40/h18,20-23,25-28,40,42H,9-17H2,1-8H3,(H,36,41)(H,38,39)/t18-,20+,21+,22+,23+,25+,26+,27+,28+,32-,33-,34-,35+/m1/s1. The summed E-state index contributed by atoms with van der Waals surface area (Å²) in [5, 5.41) is 34.7. The third-order valence-electron chi connectivity index (χ3n) is 14.7. The first kappa shape index (κ1) is 33.0. The van der Waals surface area contributed by atoms with E-state index in [2.05, 4.69) is 39.9 Å². The molecule has 0 aromatic rings. The van der Waals surface area contributed by atoms with Crippen LogP contribution in [0.3, 0.4) is 0 Å². The summed E-state index contributed by atoms with van der Waals surface area (Å²) in [6.07, 6.45) is 4.26. The highest BCUT2D eigenvalue weighted by Gasteiger charge is 2.84. The van der Waals surface area contributed by atoms with Crippen molar-refractivity contribution in [1.29, 1.82) is 0 Å². The fourth-order valence-electron chi connectivity index (χ4n) is 12.9. The summed E-state index contributed by atoms with van der Waals surface area (Å²) in [5.74, 6) is -0.481. The van der Waals surface area contributed by atoms with E-state index in [-0.39, 0.29) is 45.0 Å². The number of nitrogens with one attached hydrogen (secondary N) is 1. The first-order valence-corrected chi connectivity index (χ1v) is 17.2. The van der Waals surface area contributed by atoms with Gasteiger partial charge in [0.25, 0.3) is 0 Å². The first-order chi connectivity index (χ1) is 20.8. The zero-order chi connectivity index (χ0) is 33.1. The molecule has 5 aliphatic carbocycles. The average molecular weight is 634 g/mol. The van der Waals surface area contributed by atoms with Crippen LogP contribution in [0.25, 0.3) is 0 Å². The van der Waals surface area contributed by atoms with E-state index in [9.17, 15) is 24.6 Å². The van der Waals surface area contributed by atoms with Crippen LogP contribution in [0.5, 0.6) is 0 Å². The molecule has 45 heavy (non-hydrogen) atoms. The van der Waals surface area contributed by atoms with Crippen molar-refractivity contribution < 1.29 is 43.9 Å². The number of aliphatic carboxylic acids is 1. The molecule has 1 aliphatic heterocycles. The van der Waals surface area contributed by atoms with E-state index < -0.39 is 54.6 Å². The maximum Gasteiger partial charge on any atom is 0.407 e. The molecule has 10 nitrogen and oxygen atoms in total. The number of fused-ring (bicyclic) bond motifs is 4. The number of hydrogen-bond donors (Lipinski definition) is 4. The average Bonchev–Trinajstić information content (AvgIpc) is 3.56. The van der Waals surface area contributed by atoms with Gasteiger partial charge in [0.05, 0.1) is 23.9 Å². The fourth-order valence-corrected chi connectivity index (χ4v) is 12.9. The van der Waals surface area contributed by atoms with Gasteiger partial charge in [0, 0.05) is 17.8 Å². The van der Waals surface area contributed by atoms with Crippen LogP contribution in [0.15, 0.2) is 0 Å². The summed E-state index contributed by atoms with van der Waals surface area (Å²) in [6, 6.07) is 0. The predicted octanol–water partition coefficient (Wildman–Crippen LogP) is 4.68. The second-order valence-electron chi connectivity index (χ2n) is 17.4. The molecular formula is C35H55NO9. The maximum atomic E-state index is 12.5. The molecule has 2 spiro atoms. The maximum absolute atomic E-state index is 12.5. The molecule has 10 heteroatoms. The Morgan fingerprint density at radius 1 is 1.02 bits per heavy atom. The van der Waals surface area contributed by atoms with Crippen molar-refractivity contribution in [3.05, 3.63) is 0 Å². The van der Waals surface area contributed by atoms with Crippen molar-refractivity contribution in [2.45, 2.75) is 143 Å². The summed E-state index contributed by atoms with van der Waals surface area (Å²) in [7, 11) is 0. The Hall–Kier alpha value is -1.91. The number of carbonyl (C=O) groups is 3. The molecule has 0 bridgehead atoms. The van der Waals surface area contributed by atoms with Crippen LogP contribution in [0.1, 0.15) is 107 Å². The number of carboxylic acids is 1. The number of amides is 1. The zero-order valence-electron chi connectivity index (χ0n) is 28.4. The molecule has 6 aliphatic rings. The lowest BCUT2D eigenvalue weighted by Gasteiger charge is -2.63. The summed E-state index contributed by atoms with van der Waals surface area (Å²) >= 11 is 0. The van der Waals surface area contributed by atoms with Crippen LogP contribution in [-0.4, -0.2) is 76.0 Å². The fraction of sp³-hybridized carbons (Fsp3) is 0.914. The summed E-state index contributed by atoms with van der Waals surface area (Å²) in [5.41, 5.74) is -1.77. The van der Waals surface area contributed by atoms with Crippen LogP contribution in [0, 0.1) is 50.7 Å². The molecule has 0 radical (unpaired) electrons. The van der Waals surface area contributed by atoms with Gasteiger partial charge in [-0.05, 0) is 105 Å². The minimum Gasteiger partial charge on any atom is -0.480 e. The van der Waals surface area contributed by atoms with E-state index in [1.807, 2.05) is 0 Å². The molecule has 1 saturated heterocycles. The van der Waals surface area contributed by atoms with Gasteiger partial charge >= 0.3 is 18.0 Å². The van der Waals surface area contributed by atoms with Crippen molar-refractivity contribution in [2.24, 2.45) is 50.7 Å². The van der Waals surface area contributed by atoms with Crippen LogP contribution >= 0.6 is 0 Å². The molecule has 6 rings (SSSR count). The van der Waals surface area contributed by atoms with Crippen LogP contribution in [0.4, 0.5) is 4.79 Å². The second-order valence-corrected chi connectivity index (χ2v) is 17.4. The van der Waals surface area contributed by atoms with E-state index in [4.69, 9.17) is 19.3 Å². The number of aliphatic hydroxyl groups excluding tert-OH is 1. The Bertz CT molecular complexity index is 1250. The number of aliphatic hydroxyl groups is 2. The molecule has 1 heterocycles. The minimum atomic E-state index is -1.29. The summed E-state index contributed by atoms with van der Waals surface area (Å²) in [6.45, 7) is 15.6. The Kier molecular flexibility index (Phi) is 7.55. The molecule has 6 fully saturated rings. The molecule has 254 valence electrons. The molecule has 0 unspecified atom stereocenters. The lowest BCUT2D eigenvalue weighted by molar-refractivity contribution is -0.216. The third-order valence-corrected chi connectivity index (χ3v) is 14.7. The van der Waals surface area contributed by atoms with Gasteiger partial charge in [0.1, 0.15) is 12.6 Å². The number of esters is 1. The Morgan fingerprint density at radius 2 is 1.67 bits per heavy atom. The van der Waals surface area contributed by atoms with Gasteiger partial charge in [0.15, 0.2) is 6.10 Å². The second kappa shape index (κ2) is 10.3. The van der Waals surface area contributed by atoms with Crippen molar-refractivity contribution in [3.8, 4) is 0 Å². The molecule has 0 aromatic carbocycles.